The van der Waals surface area contributed by atoms with Crippen LogP contribution in [0.15, 0.2) is 41.8 Å². The lowest BCUT2D eigenvalue weighted by atomic mass is 9.84. The Labute approximate surface area is 215 Å². The summed E-state index contributed by atoms with van der Waals surface area (Å²) in [4.78, 5) is 28.8. The van der Waals surface area contributed by atoms with Crippen molar-refractivity contribution in [2.24, 2.45) is 5.92 Å². The molecule has 3 N–H and O–H groups in total. The van der Waals surface area contributed by atoms with Crippen LogP contribution in [0.25, 0.3) is 0 Å². The number of hydrogen-bond acceptors (Lipinski definition) is 7. The number of rotatable bonds is 9. The Bertz CT molecular complexity index is 1190. The highest BCUT2D eigenvalue weighted by Gasteiger charge is 2.42. The second-order valence-corrected chi connectivity index (χ2v) is 10.1. The molecular formula is C27H34N4O6. The Kier molecular flexibility index (Phi) is 7.48. The second kappa shape index (κ2) is 10.9. The third-order valence-electron chi connectivity index (χ3n) is 7.51. The standard InChI is InChI=1S/C27H34N4O6/c1-36-22-8-5-9-23-20(22)13-18-14-31(27(35)25(18)37-23)21(12-17-6-3-2-4-7-17)26(34)28-24-10-11-30(29-24)15-19(33)16-32/h5,8-11,17,19,21,32-33H,2-4,6-7,12-16H2,1H3,(H,28,29,34). The van der Waals surface area contributed by atoms with Gasteiger partial charge >= 0.3 is 0 Å². The molecule has 1 aromatic carbocycles. The molecule has 0 spiro atoms. The Morgan fingerprint density at radius 3 is 2.84 bits per heavy atom. The van der Waals surface area contributed by atoms with E-state index in [0.717, 1.165) is 36.8 Å². The van der Waals surface area contributed by atoms with Crippen molar-refractivity contribution in [2.45, 2.75) is 63.6 Å². The number of fused-ring (bicyclic) bond motifs is 1. The molecule has 0 radical (unpaired) electrons. The fourth-order valence-electron chi connectivity index (χ4n) is 5.59. The maximum Gasteiger partial charge on any atom is 0.290 e. The van der Waals surface area contributed by atoms with Crippen LogP contribution in [0.3, 0.4) is 0 Å². The Balaban J connectivity index is 1.34. The summed E-state index contributed by atoms with van der Waals surface area (Å²) in [5, 5.41) is 25.9. The number of amides is 2. The molecule has 0 saturated heterocycles. The van der Waals surface area contributed by atoms with Crippen LogP contribution in [-0.4, -0.2) is 69.1 Å². The Morgan fingerprint density at radius 2 is 2.08 bits per heavy atom. The molecule has 5 rings (SSSR count). The Hall–Kier alpha value is -3.37. The molecule has 10 nitrogen and oxygen atoms in total. The molecule has 2 unspecified atom stereocenters. The second-order valence-electron chi connectivity index (χ2n) is 10.1. The molecule has 2 aromatic rings. The molecule has 2 atom stereocenters. The molecule has 1 fully saturated rings. The number of anilines is 1. The van der Waals surface area contributed by atoms with Gasteiger partial charge in [-0.05, 0) is 24.5 Å². The summed E-state index contributed by atoms with van der Waals surface area (Å²) in [6.45, 7) is 0.0612. The fraction of sp³-hybridized carbons (Fsp3) is 0.519. The predicted octanol–water partition coefficient (Wildman–Crippen LogP) is 2.25. The van der Waals surface area contributed by atoms with Crippen molar-refractivity contribution in [3.63, 3.8) is 0 Å². The number of benzene rings is 1. The monoisotopic (exact) mass is 510 g/mol. The van der Waals surface area contributed by atoms with Gasteiger partial charge < -0.3 is 29.9 Å². The van der Waals surface area contributed by atoms with Gasteiger partial charge in [-0.2, -0.15) is 5.10 Å². The minimum absolute atomic E-state index is 0.112. The maximum atomic E-state index is 13.6. The zero-order valence-corrected chi connectivity index (χ0v) is 21.1. The highest BCUT2D eigenvalue weighted by molar-refractivity contribution is 6.02. The number of carbonyl (C=O) groups is 2. The summed E-state index contributed by atoms with van der Waals surface area (Å²) in [7, 11) is 1.61. The van der Waals surface area contributed by atoms with Gasteiger partial charge in [0.2, 0.25) is 5.91 Å². The van der Waals surface area contributed by atoms with E-state index in [9.17, 15) is 14.7 Å². The van der Waals surface area contributed by atoms with Gasteiger partial charge in [0, 0.05) is 36.4 Å². The van der Waals surface area contributed by atoms with Crippen molar-refractivity contribution < 1.29 is 29.3 Å². The first-order valence-corrected chi connectivity index (χ1v) is 13.0. The molecule has 3 heterocycles. The van der Waals surface area contributed by atoms with Crippen LogP contribution < -0.4 is 14.8 Å². The first kappa shape index (κ1) is 25.3. The first-order chi connectivity index (χ1) is 18.0. The molecule has 37 heavy (non-hydrogen) atoms. The molecular weight excluding hydrogens is 476 g/mol. The lowest BCUT2D eigenvalue weighted by molar-refractivity contribution is -0.135. The zero-order valence-electron chi connectivity index (χ0n) is 21.1. The van der Waals surface area contributed by atoms with Crippen molar-refractivity contribution in [3.8, 4) is 11.5 Å². The molecule has 1 aromatic heterocycles. The van der Waals surface area contributed by atoms with Gasteiger partial charge in [0.15, 0.2) is 11.6 Å². The highest BCUT2D eigenvalue weighted by atomic mass is 16.5. The number of ether oxygens (including phenoxy) is 2. The van der Waals surface area contributed by atoms with Crippen LogP contribution in [0.4, 0.5) is 5.82 Å². The van der Waals surface area contributed by atoms with E-state index in [-0.39, 0.29) is 25.0 Å². The predicted molar refractivity (Wildman–Crippen MR) is 135 cm³/mol. The number of nitrogens with one attached hydrogen (secondary N) is 1. The van der Waals surface area contributed by atoms with E-state index in [1.54, 1.807) is 24.3 Å². The largest absolute Gasteiger partial charge is 0.496 e. The summed E-state index contributed by atoms with van der Waals surface area (Å²) >= 11 is 0. The van der Waals surface area contributed by atoms with Crippen LogP contribution >= 0.6 is 0 Å². The number of methoxy groups -OCH3 is 1. The number of aromatic nitrogens is 2. The Morgan fingerprint density at radius 1 is 1.27 bits per heavy atom. The van der Waals surface area contributed by atoms with E-state index in [1.165, 1.54) is 11.1 Å². The zero-order chi connectivity index (χ0) is 25.9. The number of aliphatic hydroxyl groups is 2. The number of carbonyl (C=O) groups excluding carboxylic acids is 2. The number of aliphatic hydroxyl groups excluding tert-OH is 2. The van der Waals surface area contributed by atoms with Gasteiger partial charge in [0.05, 0.1) is 26.4 Å². The van der Waals surface area contributed by atoms with Crippen molar-refractivity contribution >= 4 is 17.6 Å². The summed E-state index contributed by atoms with van der Waals surface area (Å²) < 4.78 is 13.0. The van der Waals surface area contributed by atoms with Gasteiger partial charge in [0.1, 0.15) is 17.5 Å². The molecule has 10 heteroatoms. The summed E-state index contributed by atoms with van der Waals surface area (Å²) in [5.41, 5.74) is 1.76. The van der Waals surface area contributed by atoms with Crippen LogP contribution in [0.2, 0.25) is 0 Å². The number of hydrogen-bond donors (Lipinski definition) is 3. The third-order valence-corrected chi connectivity index (χ3v) is 7.51. The molecule has 2 aliphatic heterocycles. The molecule has 0 bridgehead atoms. The summed E-state index contributed by atoms with van der Waals surface area (Å²) in [5.74, 6) is 1.78. The van der Waals surface area contributed by atoms with Crippen LogP contribution in [-0.2, 0) is 22.6 Å². The topological polar surface area (TPSA) is 126 Å². The average molecular weight is 511 g/mol. The lowest BCUT2D eigenvalue weighted by Gasteiger charge is -2.31. The van der Waals surface area contributed by atoms with E-state index in [2.05, 4.69) is 10.4 Å². The minimum Gasteiger partial charge on any atom is -0.496 e. The van der Waals surface area contributed by atoms with E-state index in [1.807, 2.05) is 18.2 Å². The van der Waals surface area contributed by atoms with Gasteiger partial charge in [-0.15, -0.1) is 0 Å². The van der Waals surface area contributed by atoms with Crippen molar-refractivity contribution in [3.05, 3.63) is 47.4 Å². The van der Waals surface area contributed by atoms with E-state index >= 15 is 0 Å². The fourth-order valence-corrected chi connectivity index (χ4v) is 5.59. The smallest absolute Gasteiger partial charge is 0.290 e. The quantitative estimate of drug-likeness (QED) is 0.472. The lowest BCUT2D eigenvalue weighted by Crippen LogP contribution is -2.47. The summed E-state index contributed by atoms with van der Waals surface area (Å²) in [6, 6.07) is 6.51. The minimum atomic E-state index is -0.940. The SMILES string of the molecule is COc1cccc2c1CC1=C(O2)C(=O)N(C(CC2CCCCC2)C(=O)Nc2ccn(CC(O)CO)n2)C1. The van der Waals surface area contributed by atoms with E-state index in [0.29, 0.717) is 48.4 Å². The molecule has 1 saturated carbocycles. The van der Waals surface area contributed by atoms with Gasteiger partial charge in [-0.25, -0.2) is 0 Å². The van der Waals surface area contributed by atoms with Gasteiger partial charge in [-0.3, -0.25) is 14.3 Å². The van der Waals surface area contributed by atoms with E-state index < -0.39 is 12.1 Å². The normalized spacial score (nSPS) is 19.2. The molecule has 2 amide bonds. The van der Waals surface area contributed by atoms with Crippen molar-refractivity contribution in [2.75, 3.05) is 25.6 Å². The molecule has 1 aliphatic carbocycles. The molecule has 3 aliphatic rings. The average Bonchev–Trinajstić information content (AvgIpc) is 3.49. The summed E-state index contributed by atoms with van der Waals surface area (Å²) in [6.07, 6.45) is 7.38. The maximum absolute atomic E-state index is 13.6. The molecule has 198 valence electrons. The number of nitrogens with zero attached hydrogens (tertiary/aromatic N) is 3. The first-order valence-electron chi connectivity index (χ1n) is 13.0. The highest BCUT2D eigenvalue weighted by Crippen LogP contribution is 2.40. The van der Waals surface area contributed by atoms with Crippen LogP contribution in [0, 0.1) is 5.92 Å². The van der Waals surface area contributed by atoms with Crippen LogP contribution in [0.5, 0.6) is 11.5 Å². The van der Waals surface area contributed by atoms with Crippen molar-refractivity contribution in [1.82, 2.24) is 14.7 Å². The van der Waals surface area contributed by atoms with E-state index in [4.69, 9.17) is 14.6 Å². The van der Waals surface area contributed by atoms with Gasteiger partial charge in [-0.1, -0.05) is 38.2 Å². The van der Waals surface area contributed by atoms with Gasteiger partial charge in [0.25, 0.3) is 5.91 Å². The third kappa shape index (κ3) is 5.35. The van der Waals surface area contributed by atoms with Crippen LogP contribution in [0.1, 0.15) is 44.1 Å². The van der Waals surface area contributed by atoms with Crippen molar-refractivity contribution in [1.29, 1.82) is 0 Å².